The van der Waals surface area contributed by atoms with Crippen LogP contribution in [0.1, 0.15) is 21.8 Å². The van der Waals surface area contributed by atoms with Crippen molar-refractivity contribution in [2.24, 2.45) is 0 Å². The molecule has 0 bridgehead atoms. The molecule has 0 aliphatic rings. The summed E-state index contributed by atoms with van der Waals surface area (Å²) >= 11 is 0. The third kappa shape index (κ3) is 2.64. The van der Waals surface area contributed by atoms with Gasteiger partial charge in [-0.1, -0.05) is 23.4 Å². The highest BCUT2D eigenvalue weighted by atomic mass is 16.5. The second kappa shape index (κ2) is 6.28. The number of aromatic carboxylic acids is 1. The fourth-order valence-electron chi connectivity index (χ4n) is 3.39. The monoisotopic (exact) mass is 362 g/mol. The van der Waals surface area contributed by atoms with Crippen LogP contribution in [0.2, 0.25) is 0 Å². The molecule has 0 aliphatic carbocycles. The predicted octanol–water partition coefficient (Wildman–Crippen LogP) is 4.04. The highest BCUT2D eigenvalue weighted by Gasteiger charge is 2.19. The van der Waals surface area contributed by atoms with Crippen LogP contribution < -0.4 is 5.32 Å². The lowest BCUT2D eigenvalue weighted by Gasteiger charge is -2.12. The fraction of sp³-hybridized carbons (Fsp3) is 0.150. The van der Waals surface area contributed by atoms with Crippen LogP contribution in [-0.2, 0) is 0 Å². The number of anilines is 1. The second-order valence-corrected chi connectivity index (χ2v) is 6.25. The predicted molar refractivity (Wildman–Crippen MR) is 103 cm³/mol. The number of aromatic nitrogens is 3. The molecule has 2 aromatic carbocycles. The van der Waals surface area contributed by atoms with Crippen molar-refractivity contribution in [1.29, 1.82) is 0 Å². The van der Waals surface area contributed by atoms with E-state index >= 15 is 0 Å². The van der Waals surface area contributed by atoms with Crippen molar-refractivity contribution >= 4 is 23.0 Å². The van der Waals surface area contributed by atoms with Crippen LogP contribution in [0, 0.1) is 13.8 Å². The largest absolute Gasteiger partial charge is 0.478 e. The summed E-state index contributed by atoms with van der Waals surface area (Å²) in [7, 11) is 1.76. The third-order valence-corrected chi connectivity index (χ3v) is 4.58. The lowest BCUT2D eigenvalue weighted by atomic mass is 10.0. The Morgan fingerprint density at radius 1 is 1.19 bits per heavy atom. The van der Waals surface area contributed by atoms with E-state index in [1.165, 1.54) is 0 Å². The molecule has 0 radical (unpaired) electrons. The number of hydrogen-bond acceptors (Lipinski definition) is 5. The van der Waals surface area contributed by atoms with Gasteiger partial charge in [0.2, 0.25) is 5.95 Å². The molecule has 2 aromatic heterocycles. The van der Waals surface area contributed by atoms with Crippen molar-refractivity contribution < 1.29 is 14.4 Å². The van der Waals surface area contributed by atoms with E-state index < -0.39 is 5.97 Å². The number of hydrogen-bond donors (Lipinski definition) is 2. The fourth-order valence-corrected chi connectivity index (χ4v) is 3.39. The first kappa shape index (κ1) is 16.8. The molecule has 2 heterocycles. The first-order valence-electron chi connectivity index (χ1n) is 8.47. The molecule has 0 amide bonds. The molecule has 0 aliphatic heterocycles. The van der Waals surface area contributed by atoms with E-state index in [2.05, 4.69) is 15.5 Å². The van der Waals surface area contributed by atoms with Gasteiger partial charge in [-0.2, -0.15) is 0 Å². The molecule has 136 valence electrons. The van der Waals surface area contributed by atoms with Crippen LogP contribution in [0.25, 0.3) is 27.8 Å². The summed E-state index contributed by atoms with van der Waals surface area (Å²) in [6, 6.07) is 12.7. The average Bonchev–Trinajstić information content (AvgIpc) is 3.20. The molecule has 27 heavy (non-hydrogen) atoms. The minimum atomic E-state index is -0.989. The number of aryl methyl sites for hydroxylation is 2. The van der Waals surface area contributed by atoms with Crippen molar-refractivity contribution in [3.8, 4) is 16.8 Å². The normalized spacial score (nSPS) is 11.1. The van der Waals surface area contributed by atoms with Gasteiger partial charge in [-0.15, -0.1) is 0 Å². The molecule has 0 atom stereocenters. The van der Waals surface area contributed by atoms with Crippen molar-refractivity contribution in [3.63, 3.8) is 0 Å². The third-order valence-electron chi connectivity index (χ3n) is 4.58. The minimum absolute atomic E-state index is 0.205. The number of carbonyl (C=O) groups is 1. The molecule has 0 saturated carbocycles. The number of carboxylic acids is 1. The van der Waals surface area contributed by atoms with Gasteiger partial charge in [-0.05, 0) is 43.7 Å². The molecule has 4 rings (SSSR count). The summed E-state index contributed by atoms with van der Waals surface area (Å²) in [5.41, 5.74) is 4.99. The van der Waals surface area contributed by atoms with Crippen molar-refractivity contribution in [3.05, 3.63) is 59.5 Å². The molecule has 7 heteroatoms. The Kier molecular flexibility index (Phi) is 3.92. The Balaban J connectivity index is 2.03. The molecule has 0 saturated heterocycles. The topological polar surface area (TPSA) is 93.2 Å². The molecule has 0 unspecified atom stereocenters. The number of nitrogens with zero attached hydrogens (tertiary/aromatic N) is 3. The lowest BCUT2D eigenvalue weighted by Crippen LogP contribution is -2.08. The van der Waals surface area contributed by atoms with Crippen LogP contribution in [0.15, 0.2) is 47.0 Å². The van der Waals surface area contributed by atoms with Gasteiger partial charge in [-0.25, -0.2) is 9.78 Å². The van der Waals surface area contributed by atoms with Gasteiger partial charge in [0.1, 0.15) is 5.76 Å². The molecular weight excluding hydrogens is 344 g/mol. The van der Waals surface area contributed by atoms with E-state index in [0.29, 0.717) is 11.6 Å². The average molecular weight is 362 g/mol. The number of para-hydroxylation sites is 1. The second-order valence-electron chi connectivity index (χ2n) is 6.25. The van der Waals surface area contributed by atoms with Crippen molar-refractivity contribution in [2.45, 2.75) is 13.8 Å². The van der Waals surface area contributed by atoms with E-state index in [4.69, 9.17) is 4.52 Å². The Bertz CT molecular complexity index is 1150. The van der Waals surface area contributed by atoms with Crippen LogP contribution in [0.4, 0.5) is 5.95 Å². The van der Waals surface area contributed by atoms with Gasteiger partial charge in [0.05, 0.1) is 28.0 Å². The first-order valence-corrected chi connectivity index (χ1v) is 8.47. The number of nitrogens with one attached hydrogen (secondary N) is 1. The smallest absolute Gasteiger partial charge is 0.337 e. The maximum atomic E-state index is 11.7. The molecule has 7 nitrogen and oxygen atoms in total. The van der Waals surface area contributed by atoms with Gasteiger partial charge < -0.3 is 14.9 Å². The number of imidazole rings is 1. The summed E-state index contributed by atoms with van der Waals surface area (Å²) in [5, 5.41) is 16.7. The Labute approximate surface area is 155 Å². The SMILES string of the molecule is CNc1nc2ccc(-c3c(C)noc3C)cc2n1-c1ccccc1C(=O)O. The summed E-state index contributed by atoms with van der Waals surface area (Å²) in [4.78, 5) is 16.3. The van der Waals surface area contributed by atoms with E-state index in [9.17, 15) is 9.90 Å². The van der Waals surface area contributed by atoms with Gasteiger partial charge in [0.15, 0.2) is 0 Å². The first-order chi connectivity index (χ1) is 13.0. The van der Waals surface area contributed by atoms with Gasteiger partial charge in [0.25, 0.3) is 0 Å². The zero-order valence-corrected chi connectivity index (χ0v) is 15.1. The Morgan fingerprint density at radius 3 is 2.63 bits per heavy atom. The van der Waals surface area contributed by atoms with E-state index in [0.717, 1.165) is 33.6 Å². The standard InChI is InChI=1S/C20H18N4O3/c1-11-18(12(2)27-23-11)13-8-9-15-17(10-13)24(20(21-3)22-15)16-7-5-4-6-14(16)19(25)26/h4-10H,1-3H3,(H,21,22)(H,25,26). The van der Waals surface area contributed by atoms with E-state index in [1.807, 2.05) is 42.7 Å². The van der Waals surface area contributed by atoms with Gasteiger partial charge in [-0.3, -0.25) is 4.57 Å². The Hall–Kier alpha value is -3.61. The zero-order valence-electron chi connectivity index (χ0n) is 15.1. The van der Waals surface area contributed by atoms with Crippen molar-refractivity contribution in [2.75, 3.05) is 12.4 Å². The molecular formula is C20H18N4O3. The summed E-state index contributed by atoms with van der Waals surface area (Å²) < 4.78 is 7.11. The minimum Gasteiger partial charge on any atom is -0.478 e. The van der Waals surface area contributed by atoms with Gasteiger partial charge in [0, 0.05) is 12.6 Å². The number of rotatable bonds is 4. The van der Waals surface area contributed by atoms with Crippen LogP contribution in [0.5, 0.6) is 0 Å². The maximum Gasteiger partial charge on any atom is 0.337 e. The molecule has 4 aromatic rings. The van der Waals surface area contributed by atoms with Crippen LogP contribution in [0.3, 0.4) is 0 Å². The lowest BCUT2D eigenvalue weighted by molar-refractivity contribution is 0.0697. The summed E-state index contributed by atoms with van der Waals surface area (Å²) in [5.74, 6) is 0.309. The van der Waals surface area contributed by atoms with Crippen LogP contribution in [-0.4, -0.2) is 32.8 Å². The number of benzene rings is 2. The zero-order chi connectivity index (χ0) is 19.1. The maximum absolute atomic E-state index is 11.7. The summed E-state index contributed by atoms with van der Waals surface area (Å²) in [6.07, 6.45) is 0. The van der Waals surface area contributed by atoms with Crippen LogP contribution >= 0.6 is 0 Å². The van der Waals surface area contributed by atoms with Crippen molar-refractivity contribution in [1.82, 2.24) is 14.7 Å². The van der Waals surface area contributed by atoms with E-state index in [1.54, 1.807) is 25.2 Å². The Morgan fingerprint density at radius 2 is 1.96 bits per heavy atom. The number of carboxylic acid groups (broad SMARTS) is 1. The highest BCUT2D eigenvalue weighted by molar-refractivity contribution is 5.94. The quantitative estimate of drug-likeness (QED) is 0.569. The number of fused-ring (bicyclic) bond motifs is 1. The molecule has 2 N–H and O–H groups in total. The highest BCUT2D eigenvalue weighted by Crippen LogP contribution is 2.33. The molecule has 0 spiro atoms. The van der Waals surface area contributed by atoms with E-state index in [-0.39, 0.29) is 5.56 Å². The van der Waals surface area contributed by atoms with Gasteiger partial charge >= 0.3 is 5.97 Å². The summed E-state index contributed by atoms with van der Waals surface area (Å²) in [6.45, 7) is 3.77. The molecule has 0 fully saturated rings.